The van der Waals surface area contributed by atoms with Crippen molar-refractivity contribution in [3.8, 4) is 22.9 Å². The Hall–Kier alpha value is -3.18. The Morgan fingerprint density at radius 3 is 2.73 bits per heavy atom. The maximum atomic E-state index is 10.9. The van der Waals surface area contributed by atoms with Gasteiger partial charge in [0.1, 0.15) is 0 Å². The molecule has 0 saturated carbocycles. The summed E-state index contributed by atoms with van der Waals surface area (Å²) in [4.78, 5) is 6.59. The van der Waals surface area contributed by atoms with E-state index in [4.69, 9.17) is 19.2 Å². The SMILES string of the molecule is [O-]N(O)c1ccc(CN2C[C@H](O)C[C@H]2c2nc(-c3ccc4c(c3)OCO4)no2)cc1. The molecule has 2 aliphatic heterocycles. The minimum absolute atomic E-state index is 0.155. The van der Waals surface area contributed by atoms with Crippen molar-refractivity contribution < 1.29 is 24.3 Å². The van der Waals surface area contributed by atoms with Gasteiger partial charge in [0.15, 0.2) is 11.5 Å². The Kier molecular flexibility index (Phi) is 4.75. The molecule has 0 aliphatic carbocycles. The van der Waals surface area contributed by atoms with Crippen LogP contribution in [-0.2, 0) is 6.54 Å². The lowest BCUT2D eigenvalue weighted by Gasteiger charge is -2.23. The molecule has 2 aliphatic rings. The Balaban J connectivity index is 1.35. The predicted octanol–water partition coefficient (Wildman–Crippen LogP) is 2.47. The van der Waals surface area contributed by atoms with E-state index >= 15 is 0 Å². The van der Waals surface area contributed by atoms with Crippen molar-refractivity contribution in [3.05, 3.63) is 59.1 Å². The van der Waals surface area contributed by atoms with Gasteiger partial charge in [0.05, 0.1) is 17.8 Å². The largest absolute Gasteiger partial charge is 0.733 e. The zero-order chi connectivity index (χ0) is 20.7. The molecule has 0 bridgehead atoms. The van der Waals surface area contributed by atoms with Crippen molar-refractivity contribution in [2.45, 2.75) is 25.1 Å². The summed E-state index contributed by atoms with van der Waals surface area (Å²) in [7, 11) is 0. The molecule has 3 heterocycles. The molecule has 0 radical (unpaired) electrons. The van der Waals surface area contributed by atoms with Crippen molar-refractivity contribution in [2.75, 3.05) is 18.6 Å². The zero-order valence-corrected chi connectivity index (χ0v) is 15.8. The highest BCUT2D eigenvalue weighted by molar-refractivity contribution is 5.61. The smallest absolute Gasteiger partial charge is 0.244 e. The number of anilines is 1. The molecule has 30 heavy (non-hydrogen) atoms. The van der Waals surface area contributed by atoms with Gasteiger partial charge in [-0.1, -0.05) is 17.3 Å². The molecule has 0 unspecified atom stereocenters. The maximum absolute atomic E-state index is 10.9. The molecule has 2 aromatic carbocycles. The summed E-state index contributed by atoms with van der Waals surface area (Å²) in [5.41, 5.74) is 1.83. The number of rotatable bonds is 5. The third-order valence-corrected chi connectivity index (χ3v) is 5.28. The topological polar surface area (TPSA) is 127 Å². The molecular formula is C20H19N4O6-. The average Bonchev–Trinajstić information content (AvgIpc) is 3.47. The first-order chi connectivity index (χ1) is 14.6. The third kappa shape index (κ3) is 3.57. The first-order valence-corrected chi connectivity index (χ1v) is 9.47. The molecule has 10 heteroatoms. The van der Waals surface area contributed by atoms with Crippen molar-refractivity contribution in [2.24, 2.45) is 0 Å². The number of aliphatic hydroxyl groups excluding tert-OH is 1. The van der Waals surface area contributed by atoms with Gasteiger partial charge in [-0.25, -0.2) is 0 Å². The van der Waals surface area contributed by atoms with Crippen LogP contribution in [0.5, 0.6) is 11.5 Å². The van der Waals surface area contributed by atoms with Gasteiger partial charge in [-0.15, -0.1) is 0 Å². The maximum Gasteiger partial charge on any atom is 0.244 e. The lowest BCUT2D eigenvalue weighted by atomic mass is 10.1. The fourth-order valence-electron chi connectivity index (χ4n) is 3.80. The van der Waals surface area contributed by atoms with Gasteiger partial charge in [0, 0.05) is 18.7 Å². The standard InChI is InChI=1S/C20H19N4O6/c25-15-8-16(23(10-15)9-12-1-4-14(5-2-12)24(26)27)20-21-19(22-30-20)13-3-6-17-18(7-13)29-11-28-17/h1-7,15-16,25-26H,8-11H2/q-1/t15-,16+/m1/s1. The quantitative estimate of drug-likeness (QED) is 0.604. The molecule has 3 aromatic rings. The molecule has 2 atom stereocenters. The summed E-state index contributed by atoms with van der Waals surface area (Å²) in [6, 6.07) is 11.8. The number of aromatic nitrogens is 2. The van der Waals surface area contributed by atoms with Crippen molar-refractivity contribution in [1.29, 1.82) is 0 Å². The Morgan fingerprint density at radius 1 is 1.13 bits per heavy atom. The summed E-state index contributed by atoms with van der Waals surface area (Å²) in [5.74, 6) is 2.18. The number of hydrogen-bond acceptors (Lipinski definition) is 10. The molecule has 1 aromatic heterocycles. The van der Waals surface area contributed by atoms with E-state index < -0.39 is 6.10 Å². The van der Waals surface area contributed by atoms with E-state index in [-0.39, 0.29) is 23.7 Å². The van der Waals surface area contributed by atoms with Crippen LogP contribution in [0.25, 0.3) is 11.4 Å². The van der Waals surface area contributed by atoms with Crippen LogP contribution in [0.3, 0.4) is 0 Å². The highest BCUT2D eigenvalue weighted by Crippen LogP contribution is 2.37. The molecule has 1 saturated heterocycles. The van der Waals surface area contributed by atoms with E-state index in [2.05, 4.69) is 10.1 Å². The molecule has 1 fully saturated rings. The molecule has 10 nitrogen and oxygen atoms in total. The van der Waals surface area contributed by atoms with Crippen LogP contribution in [0.2, 0.25) is 0 Å². The van der Waals surface area contributed by atoms with E-state index in [0.717, 1.165) is 11.1 Å². The van der Waals surface area contributed by atoms with E-state index in [1.165, 1.54) is 12.1 Å². The van der Waals surface area contributed by atoms with Crippen molar-refractivity contribution in [1.82, 2.24) is 15.0 Å². The van der Waals surface area contributed by atoms with Crippen LogP contribution in [0, 0.1) is 5.21 Å². The minimum Gasteiger partial charge on any atom is -0.733 e. The first-order valence-electron chi connectivity index (χ1n) is 9.47. The van der Waals surface area contributed by atoms with Gasteiger partial charge in [-0.2, -0.15) is 4.98 Å². The summed E-state index contributed by atoms with van der Waals surface area (Å²) in [6.45, 7) is 1.17. The van der Waals surface area contributed by atoms with Crippen LogP contribution in [0.1, 0.15) is 23.9 Å². The van der Waals surface area contributed by atoms with Crippen molar-refractivity contribution >= 4 is 5.69 Å². The Bertz CT molecular complexity index is 1040. The number of benzene rings is 2. The van der Waals surface area contributed by atoms with Crippen LogP contribution in [0.4, 0.5) is 5.69 Å². The number of ether oxygens (including phenoxy) is 2. The van der Waals surface area contributed by atoms with E-state index in [1.54, 1.807) is 24.3 Å². The molecule has 156 valence electrons. The Morgan fingerprint density at radius 2 is 1.93 bits per heavy atom. The number of nitrogens with zero attached hydrogens (tertiary/aromatic N) is 4. The number of fused-ring (bicyclic) bond motifs is 1. The number of aliphatic hydroxyl groups is 1. The number of likely N-dealkylation sites (tertiary alicyclic amines) is 1. The molecule has 2 N–H and O–H groups in total. The summed E-state index contributed by atoms with van der Waals surface area (Å²) < 4.78 is 16.2. The molecular weight excluding hydrogens is 392 g/mol. The lowest BCUT2D eigenvalue weighted by molar-refractivity contribution is 0.169. The average molecular weight is 411 g/mol. The normalized spacial score (nSPS) is 20.6. The lowest BCUT2D eigenvalue weighted by Crippen LogP contribution is -2.24. The highest BCUT2D eigenvalue weighted by Gasteiger charge is 2.36. The second kappa shape index (κ2) is 7.58. The highest BCUT2D eigenvalue weighted by atomic mass is 16.8. The minimum atomic E-state index is -0.509. The second-order valence-corrected chi connectivity index (χ2v) is 7.30. The zero-order valence-electron chi connectivity index (χ0n) is 15.8. The fourth-order valence-corrected chi connectivity index (χ4v) is 3.80. The monoisotopic (exact) mass is 411 g/mol. The van der Waals surface area contributed by atoms with Gasteiger partial charge < -0.3 is 29.5 Å². The number of hydrogen-bond donors (Lipinski definition) is 2. The van der Waals surface area contributed by atoms with Gasteiger partial charge >= 0.3 is 0 Å². The van der Waals surface area contributed by atoms with Crippen LogP contribution in [-0.4, -0.2) is 44.8 Å². The van der Waals surface area contributed by atoms with Crippen LogP contribution >= 0.6 is 0 Å². The fraction of sp³-hybridized carbons (Fsp3) is 0.300. The summed E-state index contributed by atoms with van der Waals surface area (Å²) in [5, 5.41) is 34.0. The molecule has 0 spiro atoms. The predicted molar refractivity (Wildman–Crippen MR) is 104 cm³/mol. The van der Waals surface area contributed by atoms with Crippen LogP contribution in [0.15, 0.2) is 47.0 Å². The van der Waals surface area contributed by atoms with Gasteiger partial charge in [-0.05, 0) is 42.3 Å². The van der Waals surface area contributed by atoms with Gasteiger partial charge in [-0.3, -0.25) is 10.1 Å². The van der Waals surface area contributed by atoms with Crippen LogP contribution < -0.4 is 14.7 Å². The molecule has 5 rings (SSSR count). The van der Waals surface area contributed by atoms with E-state index in [9.17, 15) is 10.3 Å². The first kappa shape index (κ1) is 18.8. The third-order valence-electron chi connectivity index (χ3n) is 5.28. The summed E-state index contributed by atoms with van der Waals surface area (Å²) in [6.07, 6.45) is -0.0315. The number of β-amino-alcohol motifs (C(OH)–C–C–N with tert-alkyl or cyclic N) is 1. The van der Waals surface area contributed by atoms with E-state index in [0.29, 0.717) is 42.7 Å². The van der Waals surface area contributed by atoms with Gasteiger partial charge in [0.25, 0.3) is 0 Å². The van der Waals surface area contributed by atoms with Gasteiger partial charge in [0.2, 0.25) is 18.5 Å². The summed E-state index contributed by atoms with van der Waals surface area (Å²) >= 11 is 0. The Labute approximate surface area is 171 Å². The second-order valence-electron chi connectivity index (χ2n) is 7.30. The van der Waals surface area contributed by atoms with E-state index in [1.807, 2.05) is 11.0 Å². The molecule has 0 amide bonds. The van der Waals surface area contributed by atoms with Crippen molar-refractivity contribution in [3.63, 3.8) is 0 Å².